The summed E-state index contributed by atoms with van der Waals surface area (Å²) in [6.45, 7) is 12.2. The summed E-state index contributed by atoms with van der Waals surface area (Å²) in [5.41, 5.74) is 3.02. The Morgan fingerprint density at radius 1 is 1.19 bits per heavy atom. The van der Waals surface area contributed by atoms with E-state index in [2.05, 4.69) is 45.0 Å². The van der Waals surface area contributed by atoms with Crippen molar-refractivity contribution in [2.45, 2.75) is 27.2 Å². The van der Waals surface area contributed by atoms with Crippen molar-refractivity contribution in [2.24, 2.45) is 5.92 Å². The van der Waals surface area contributed by atoms with Crippen LogP contribution in [-0.2, 0) is 0 Å². The van der Waals surface area contributed by atoms with Gasteiger partial charge in [0.2, 0.25) is 5.65 Å². The number of fused-ring (bicyclic) bond motifs is 1. The van der Waals surface area contributed by atoms with Crippen LogP contribution in [0.25, 0.3) is 5.65 Å². The molecule has 3 heterocycles. The highest BCUT2D eigenvalue weighted by Crippen LogP contribution is 2.21. The molecule has 21 heavy (non-hydrogen) atoms. The van der Waals surface area contributed by atoms with Gasteiger partial charge in [-0.15, -0.1) is 10.2 Å². The average Bonchev–Trinajstić information content (AvgIpc) is 2.77. The molecule has 0 spiro atoms. The summed E-state index contributed by atoms with van der Waals surface area (Å²) in [5.74, 6) is 0.725. The Kier molecular flexibility index (Phi) is 4.05. The first-order chi connectivity index (χ1) is 10.1. The number of aromatic nitrogens is 4. The molecule has 2 aromatic rings. The topological polar surface area (TPSA) is 49.6 Å². The van der Waals surface area contributed by atoms with Gasteiger partial charge in [-0.05, 0) is 31.9 Å². The summed E-state index contributed by atoms with van der Waals surface area (Å²) in [7, 11) is 0. The largest absolute Gasteiger partial charge is 0.367 e. The Labute approximate surface area is 125 Å². The molecule has 6 heteroatoms. The summed E-state index contributed by atoms with van der Waals surface area (Å²) in [6, 6.07) is 2.13. The number of nitrogens with zero attached hydrogens (tertiary/aromatic N) is 6. The van der Waals surface area contributed by atoms with E-state index >= 15 is 0 Å². The molecule has 0 amide bonds. The maximum atomic E-state index is 4.42. The van der Waals surface area contributed by atoms with E-state index in [0.29, 0.717) is 0 Å². The van der Waals surface area contributed by atoms with Gasteiger partial charge in [-0.3, -0.25) is 0 Å². The van der Waals surface area contributed by atoms with Crippen LogP contribution in [-0.4, -0.2) is 57.4 Å². The predicted molar refractivity (Wildman–Crippen MR) is 83.6 cm³/mol. The first-order valence-corrected chi connectivity index (χ1v) is 7.78. The molecule has 0 aliphatic carbocycles. The van der Waals surface area contributed by atoms with Crippen LogP contribution >= 0.6 is 0 Å². The maximum Gasteiger partial charge on any atom is 0.200 e. The number of anilines is 1. The predicted octanol–water partition coefficient (Wildman–Crippen LogP) is 1.60. The molecular formula is C15H24N6. The van der Waals surface area contributed by atoms with Crippen LogP contribution in [0.15, 0.2) is 12.4 Å². The Morgan fingerprint density at radius 3 is 2.86 bits per heavy atom. The first-order valence-electron chi connectivity index (χ1n) is 7.78. The summed E-state index contributed by atoms with van der Waals surface area (Å²) in [5, 5.41) is 12.6. The minimum Gasteiger partial charge on any atom is -0.367 e. The van der Waals surface area contributed by atoms with Crippen molar-refractivity contribution in [1.29, 1.82) is 0 Å². The molecule has 0 bridgehead atoms. The monoisotopic (exact) mass is 288 g/mol. The van der Waals surface area contributed by atoms with Gasteiger partial charge in [-0.2, -0.15) is 9.61 Å². The third-order valence-electron chi connectivity index (χ3n) is 3.92. The van der Waals surface area contributed by atoms with E-state index in [4.69, 9.17) is 0 Å². The number of hydrogen-bond donors (Lipinski definition) is 0. The molecule has 2 aromatic heterocycles. The molecule has 0 N–H and O–H groups in total. The van der Waals surface area contributed by atoms with E-state index in [1.807, 2.05) is 6.92 Å². The smallest absolute Gasteiger partial charge is 0.200 e. The highest BCUT2D eigenvalue weighted by molar-refractivity contribution is 5.68. The molecule has 0 radical (unpaired) electrons. The average molecular weight is 288 g/mol. The second-order valence-corrected chi connectivity index (χ2v) is 6.31. The van der Waals surface area contributed by atoms with Gasteiger partial charge in [0.05, 0.1) is 11.4 Å². The van der Waals surface area contributed by atoms with Crippen molar-refractivity contribution < 1.29 is 0 Å². The zero-order valence-corrected chi connectivity index (χ0v) is 13.2. The van der Waals surface area contributed by atoms with Crippen LogP contribution in [0.2, 0.25) is 0 Å². The van der Waals surface area contributed by atoms with E-state index in [-0.39, 0.29) is 0 Å². The minimum absolute atomic E-state index is 0.725. The number of rotatable bonds is 3. The standard InChI is InChI=1S/C15H24N6/c1-12(2)10-19-5-4-6-20(8-7-19)14-9-13(3)18-21-11-16-17-15(14)21/h9,11-12H,4-8,10H2,1-3H3. The highest BCUT2D eigenvalue weighted by Gasteiger charge is 2.19. The Balaban J connectivity index is 1.81. The summed E-state index contributed by atoms with van der Waals surface area (Å²) in [4.78, 5) is 5.00. The second kappa shape index (κ2) is 5.97. The lowest BCUT2D eigenvalue weighted by Gasteiger charge is -2.24. The molecule has 0 atom stereocenters. The van der Waals surface area contributed by atoms with Crippen molar-refractivity contribution in [2.75, 3.05) is 37.6 Å². The van der Waals surface area contributed by atoms with E-state index in [1.165, 1.54) is 19.5 Å². The lowest BCUT2D eigenvalue weighted by atomic mass is 10.2. The quantitative estimate of drug-likeness (QED) is 0.858. The molecular weight excluding hydrogens is 264 g/mol. The van der Waals surface area contributed by atoms with Gasteiger partial charge in [0, 0.05) is 26.2 Å². The minimum atomic E-state index is 0.725. The Hall–Kier alpha value is -1.69. The van der Waals surface area contributed by atoms with Gasteiger partial charge in [-0.1, -0.05) is 13.8 Å². The normalized spacial score (nSPS) is 17.6. The molecule has 1 fully saturated rings. The van der Waals surface area contributed by atoms with Crippen LogP contribution in [0.5, 0.6) is 0 Å². The Bertz CT molecular complexity index is 605. The van der Waals surface area contributed by atoms with E-state index in [9.17, 15) is 0 Å². The lowest BCUT2D eigenvalue weighted by Crippen LogP contribution is -2.33. The van der Waals surface area contributed by atoms with Crippen LogP contribution in [0.4, 0.5) is 5.69 Å². The maximum absolute atomic E-state index is 4.42. The van der Waals surface area contributed by atoms with Crippen LogP contribution in [0.1, 0.15) is 26.0 Å². The molecule has 1 saturated heterocycles. The third-order valence-corrected chi connectivity index (χ3v) is 3.92. The fourth-order valence-electron chi connectivity index (χ4n) is 3.08. The zero-order valence-electron chi connectivity index (χ0n) is 13.2. The van der Waals surface area contributed by atoms with Gasteiger partial charge in [0.15, 0.2) is 0 Å². The fraction of sp³-hybridized carbons (Fsp3) is 0.667. The molecule has 1 aliphatic heterocycles. The van der Waals surface area contributed by atoms with Crippen molar-refractivity contribution in [3.63, 3.8) is 0 Å². The van der Waals surface area contributed by atoms with Crippen molar-refractivity contribution >= 4 is 11.3 Å². The van der Waals surface area contributed by atoms with Crippen LogP contribution in [0, 0.1) is 12.8 Å². The van der Waals surface area contributed by atoms with Gasteiger partial charge in [0.1, 0.15) is 6.33 Å². The van der Waals surface area contributed by atoms with Crippen LogP contribution in [0.3, 0.4) is 0 Å². The van der Waals surface area contributed by atoms with Crippen molar-refractivity contribution in [3.8, 4) is 0 Å². The zero-order chi connectivity index (χ0) is 14.8. The number of hydrogen-bond acceptors (Lipinski definition) is 5. The Morgan fingerprint density at radius 2 is 2.05 bits per heavy atom. The molecule has 0 aromatic carbocycles. The lowest BCUT2D eigenvalue weighted by molar-refractivity contribution is 0.261. The SMILES string of the molecule is Cc1cc(N2CCCN(CC(C)C)CC2)c2nncn2n1. The summed E-state index contributed by atoms with van der Waals surface area (Å²) >= 11 is 0. The summed E-state index contributed by atoms with van der Waals surface area (Å²) in [6.07, 6.45) is 2.86. The third kappa shape index (κ3) is 3.15. The van der Waals surface area contributed by atoms with Gasteiger partial charge < -0.3 is 9.80 Å². The van der Waals surface area contributed by atoms with Gasteiger partial charge in [-0.25, -0.2) is 0 Å². The second-order valence-electron chi connectivity index (χ2n) is 6.31. The molecule has 1 aliphatic rings. The van der Waals surface area contributed by atoms with Crippen molar-refractivity contribution in [3.05, 3.63) is 18.1 Å². The summed E-state index contributed by atoms with van der Waals surface area (Å²) < 4.78 is 1.78. The van der Waals surface area contributed by atoms with E-state index in [1.54, 1.807) is 10.8 Å². The van der Waals surface area contributed by atoms with Crippen molar-refractivity contribution in [1.82, 2.24) is 24.7 Å². The molecule has 3 rings (SSSR count). The van der Waals surface area contributed by atoms with Gasteiger partial charge >= 0.3 is 0 Å². The van der Waals surface area contributed by atoms with E-state index < -0.39 is 0 Å². The highest BCUT2D eigenvalue weighted by atomic mass is 15.4. The molecule has 0 saturated carbocycles. The van der Waals surface area contributed by atoms with Gasteiger partial charge in [0.25, 0.3) is 0 Å². The fourth-order valence-corrected chi connectivity index (χ4v) is 3.08. The molecule has 114 valence electrons. The molecule has 6 nitrogen and oxygen atoms in total. The molecule has 0 unspecified atom stereocenters. The first kappa shape index (κ1) is 14.3. The van der Waals surface area contributed by atoms with Crippen LogP contribution < -0.4 is 4.90 Å². The number of aryl methyl sites for hydroxylation is 1. The van der Waals surface area contributed by atoms with E-state index in [0.717, 1.165) is 42.6 Å².